The van der Waals surface area contributed by atoms with Crippen molar-refractivity contribution in [3.63, 3.8) is 0 Å². The third-order valence-electron chi connectivity index (χ3n) is 2.70. The highest BCUT2D eigenvalue weighted by atomic mass is 16.6. The lowest BCUT2D eigenvalue weighted by Gasteiger charge is -2.03. The van der Waals surface area contributed by atoms with E-state index in [1.54, 1.807) is 0 Å². The second-order valence-electron chi connectivity index (χ2n) is 3.81. The Morgan fingerprint density at radius 2 is 1.60 bits per heavy atom. The molecule has 1 fully saturated rings. The molecule has 1 aliphatic rings. The first kappa shape index (κ1) is 8.69. The molecule has 0 N–H and O–H groups in total. The van der Waals surface area contributed by atoms with Crippen LogP contribution in [-0.2, 0) is 4.74 Å². The normalized spacial score (nSPS) is 18.8. The molecule has 0 aromatic heterocycles. The van der Waals surface area contributed by atoms with Crippen LogP contribution in [0.4, 0.5) is 0 Å². The highest BCUT2D eigenvalue weighted by Crippen LogP contribution is 2.32. The van der Waals surface area contributed by atoms with Crippen molar-refractivity contribution in [3.05, 3.63) is 60.2 Å². The van der Waals surface area contributed by atoms with Crippen LogP contribution in [0.3, 0.4) is 0 Å². The maximum absolute atomic E-state index is 5.29. The van der Waals surface area contributed by atoms with Crippen molar-refractivity contribution in [2.24, 2.45) is 0 Å². The lowest BCUT2D eigenvalue weighted by Crippen LogP contribution is -1.82. The predicted molar refractivity (Wildman–Crippen MR) is 60.6 cm³/mol. The van der Waals surface area contributed by atoms with Gasteiger partial charge in [-0.25, -0.2) is 0 Å². The summed E-state index contributed by atoms with van der Waals surface area (Å²) in [5, 5.41) is 0. The summed E-state index contributed by atoms with van der Waals surface area (Å²) >= 11 is 0. The maximum atomic E-state index is 5.29. The zero-order chi connectivity index (χ0) is 10.1. The van der Waals surface area contributed by atoms with Crippen LogP contribution in [-0.4, -0.2) is 6.61 Å². The van der Waals surface area contributed by atoms with Crippen LogP contribution in [0.1, 0.15) is 11.7 Å². The van der Waals surface area contributed by atoms with Crippen molar-refractivity contribution in [3.8, 4) is 11.1 Å². The minimum Gasteiger partial charge on any atom is -0.368 e. The molecule has 0 radical (unpaired) electrons. The molecule has 74 valence electrons. The zero-order valence-electron chi connectivity index (χ0n) is 8.39. The third kappa shape index (κ3) is 1.79. The Hall–Kier alpha value is -1.60. The summed E-state index contributed by atoms with van der Waals surface area (Å²) in [5.41, 5.74) is 3.82. The molecular weight excluding hydrogens is 184 g/mol. The second kappa shape index (κ2) is 3.52. The molecule has 0 spiro atoms. The van der Waals surface area contributed by atoms with Gasteiger partial charge in [-0.2, -0.15) is 0 Å². The number of ether oxygens (including phenoxy) is 1. The van der Waals surface area contributed by atoms with Gasteiger partial charge in [-0.15, -0.1) is 0 Å². The van der Waals surface area contributed by atoms with Gasteiger partial charge in [0.25, 0.3) is 0 Å². The standard InChI is InChI=1S/C14H12O/c1-2-5-11(6-3-1)12-7-4-8-13(9-12)14-10-15-14/h1-9,14H,10H2. The van der Waals surface area contributed by atoms with Crippen molar-refractivity contribution < 1.29 is 4.74 Å². The summed E-state index contributed by atoms with van der Waals surface area (Å²) in [4.78, 5) is 0. The van der Waals surface area contributed by atoms with Gasteiger partial charge in [0.2, 0.25) is 0 Å². The fraction of sp³-hybridized carbons (Fsp3) is 0.143. The molecule has 15 heavy (non-hydrogen) atoms. The van der Waals surface area contributed by atoms with E-state index in [-0.39, 0.29) is 0 Å². The van der Waals surface area contributed by atoms with Crippen molar-refractivity contribution in [1.29, 1.82) is 0 Å². The fourth-order valence-corrected chi connectivity index (χ4v) is 1.79. The van der Waals surface area contributed by atoms with Crippen molar-refractivity contribution >= 4 is 0 Å². The van der Waals surface area contributed by atoms with Crippen LogP contribution in [0.5, 0.6) is 0 Å². The monoisotopic (exact) mass is 196 g/mol. The van der Waals surface area contributed by atoms with Crippen molar-refractivity contribution in [1.82, 2.24) is 0 Å². The molecule has 0 saturated carbocycles. The molecule has 0 bridgehead atoms. The van der Waals surface area contributed by atoms with Gasteiger partial charge < -0.3 is 4.74 Å². The highest BCUT2D eigenvalue weighted by Gasteiger charge is 2.24. The van der Waals surface area contributed by atoms with Crippen molar-refractivity contribution in [2.45, 2.75) is 6.10 Å². The Morgan fingerprint density at radius 1 is 0.867 bits per heavy atom. The van der Waals surface area contributed by atoms with E-state index < -0.39 is 0 Å². The summed E-state index contributed by atoms with van der Waals surface area (Å²) in [6.07, 6.45) is 0.341. The van der Waals surface area contributed by atoms with Crippen LogP contribution in [0.15, 0.2) is 54.6 Å². The quantitative estimate of drug-likeness (QED) is 0.670. The molecule has 1 heterocycles. The van der Waals surface area contributed by atoms with E-state index in [4.69, 9.17) is 4.74 Å². The first-order chi connectivity index (χ1) is 7.43. The Balaban J connectivity index is 2.01. The van der Waals surface area contributed by atoms with Crippen LogP contribution in [0.2, 0.25) is 0 Å². The fourth-order valence-electron chi connectivity index (χ4n) is 1.79. The minimum absolute atomic E-state index is 0.341. The minimum atomic E-state index is 0.341. The van der Waals surface area contributed by atoms with Gasteiger partial charge in [0.15, 0.2) is 0 Å². The van der Waals surface area contributed by atoms with E-state index in [1.165, 1.54) is 16.7 Å². The van der Waals surface area contributed by atoms with Gasteiger partial charge in [0.05, 0.1) is 6.61 Å². The molecule has 1 aliphatic heterocycles. The molecule has 0 amide bonds. The summed E-state index contributed by atoms with van der Waals surface area (Å²) in [5.74, 6) is 0. The van der Waals surface area contributed by atoms with E-state index in [0.717, 1.165) is 6.61 Å². The Morgan fingerprint density at radius 3 is 2.33 bits per heavy atom. The number of epoxide rings is 1. The van der Waals surface area contributed by atoms with E-state index in [9.17, 15) is 0 Å². The summed E-state index contributed by atoms with van der Waals surface area (Å²) in [7, 11) is 0. The third-order valence-corrected chi connectivity index (χ3v) is 2.70. The molecule has 1 heteroatoms. The smallest absolute Gasteiger partial charge is 0.106 e. The van der Waals surface area contributed by atoms with Gasteiger partial charge in [0, 0.05) is 0 Å². The summed E-state index contributed by atoms with van der Waals surface area (Å²) in [6.45, 7) is 0.873. The summed E-state index contributed by atoms with van der Waals surface area (Å²) < 4.78 is 5.29. The molecule has 1 unspecified atom stereocenters. The van der Waals surface area contributed by atoms with Gasteiger partial charge in [-0.3, -0.25) is 0 Å². The predicted octanol–water partition coefficient (Wildman–Crippen LogP) is 3.42. The number of hydrogen-bond donors (Lipinski definition) is 0. The Kier molecular flexibility index (Phi) is 2.04. The number of rotatable bonds is 2. The zero-order valence-corrected chi connectivity index (χ0v) is 8.39. The Bertz CT molecular complexity index is 458. The molecule has 1 atom stereocenters. The lowest BCUT2D eigenvalue weighted by atomic mass is 10.0. The lowest BCUT2D eigenvalue weighted by molar-refractivity contribution is 0.415. The van der Waals surface area contributed by atoms with Gasteiger partial charge in [0.1, 0.15) is 6.10 Å². The average molecular weight is 196 g/mol. The van der Waals surface area contributed by atoms with Crippen LogP contribution < -0.4 is 0 Å². The van der Waals surface area contributed by atoms with Crippen molar-refractivity contribution in [2.75, 3.05) is 6.61 Å². The molecule has 2 aromatic carbocycles. The number of hydrogen-bond acceptors (Lipinski definition) is 1. The molecule has 2 aromatic rings. The van der Waals surface area contributed by atoms with Crippen LogP contribution in [0, 0.1) is 0 Å². The molecule has 3 rings (SSSR count). The first-order valence-electron chi connectivity index (χ1n) is 5.20. The molecule has 1 saturated heterocycles. The molecular formula is C14H12O. The highest BCUT2D eigenvalue weighted by molar-refractivity contribution is 5.64. The summed E-state index contributed by atoms with van der Waals surface area (Å²) in [6, 6.07) is 19.0. The van der Waals surface area contributed by atoms with Gasteiger partial charge >= 0.3 is 0 Å². The topological polar surface area (TPSA) is 12.5 Å². The SMILES string of the molecule is c1ccc(-c2cccc(C3CO3)c2)cc1. The Labute approximate surface area is 89.3 Å². The number of benzene rings is 2. The average Bonchev–Trinajstić information content (AvgIpc) is 3.14. The molecule has 1 nitrogen and oxygen atoms in total. The second-order valence-corrected chi connectivity index (χ2v) is 3.81. The van der Waals surface area contributed by atoms with Crippen LogP contribution >= 0.6 is 0 Å². The van der Waals surface area contributed by atoms with Crippen LogP contribution in [0.25, 0.3) is 11.1 Å². The van der Waals surface area contributed by atoms with E-state index >= 15 is 0 Å². The molecule has 0 aliphatic carbocycles. The van der Waals surface area contributed by atoms with Gasteiger partial charge in [-0.1, -0.05) is 48.5 Å². The van der Waals surface area contributed by atoms with E-state index in [1.807, 2.05) is 6.07 Å². The first-order valence-corrected chi connectivity index (χ1v) is 5.20. The van der Waals surface area contributed by atoms with Gasteiger partial charge in [-0.05, 0) is 22.8 Å². The van der Waals surface area contributed by atoms with E-state index in [2.05, 4.69) is 48.5 Å². The van der Waals surface area contributed by atoms with E-state index in [0.29, 0.717) is 6.10 Å². The largest absolute Gasteiger partial charge is 0.368 e. The maximum Gasteiger partial charge on any atom is 0.106 e.